The molecule has 1 aliphatic rings. The summed E-state index contributed by atoms with van der Waals surface area (Å²) in [5.41, 5.74) is 1.07. The summed E-state index contributed by atoms with van der Waals surface area (Å²) < 4.78 is 1.95. The maximum Gasteiger partial charge on any atom is 0.320 e. The second-order valence-electron chi connectivity index (χ2n) is 5.12. The number of aliphatic carboxylic acids is 1. The van der Waals surface area contributed by atoms with Crippen LogP contribution in [-0.2, 0) is 18.4 Å². The van der Waals surface area contributed by atoms with Crippen LogP contribution in [0.2, 0.25) is 0 Å². The third-order valence-corrected chi connectivity index (χ3v) is 3.97. The highest BCUT2D eigenvalue weighted by atomic mass is 16.4. The minimum atomic E-state index is -0.699. The zero-order valence-corrected chi connectivity index (χ0v) is 11.0. The number of hydrogen-bond acceptors (Lipinski definition) is 3. The van der Waals surface area contributed by atoms with Crippen molar-refractivity contribution < 1.29 is 9.90 Å². The number of hydrogen-bond donors (Lipinski definition) is 1. The van der Waals surface area contributed by atoms with Gasteiger partial charge >= 0.3 is 5.97 Å². The van der Waals surface area contributed by atoms with Gasteiger partial charge in [-0.3, -0.25) is 9.69 Å². The zero-order chi connectivity index (χ0) is 13.1. The first-order chi connectivity index (χ1) is 8.61. The van der Waals surface area contributed by atoms with Gasteiger partial charge in [-0.15, -0.1) is 0 Å². The Morgan fingerprint density at radius 1 is 1.61 bits per heavy atom. The lowest BCUT2D eigenvalue weighted by molar-refractivity contribution is -0.145. The average molecular weight is 251 g/mol. The molecule has 18 heavy (non-hydrogen) atoms. The number of nitrogens with zero attached hydrogens (tertiary/aromatic N) is 3. The normalized spacial score (nSPS) is 25.2. The number of aryl methyl sites for hydroxylation is 1. The number of carboxylic acid groups (broad SMARTS) is 1. The average Bonchev–Trinajstić information content (AvgIpc) is 2.75. The lowest BCUT2D eigenvalue weighted by Crippen LogP contribution is -2.46. The van der Waals surface area contributed by atoms with Crippen molar-refractivity contribution in [2.24, 2.45) is 13.0 Å². The molecule has 1 aromatic heterocycles. The summed E-state index contributed by atoms with van der Waals surface area (Å²) in [6.07, 6.45) is 6.50. The van der Waals surface area contributed by atoms with Crippen molar-refractivity contribution in [1.82, 2.24) is 14.5 Å². The third kappa shape index (κ3) is 2.72. The summed E-state index contributed by atoms with van der Waals surface area (Å²) >= 11 is 0. The number of carboxylic acids is 1. The minimum absolute atomic E-state index is 0.349. The highest BCUT2D eigenvalue weighted by molar-refractivity contribution is 5.73. The van der Waals surface area contributed by atoms with Crippen LogP contribution in [-0.4, -0.2) is 38.1 Å². The highest BCUT2D eigenvalue weighted by Crippen LogP contribution is 2.26. The fourth-order valence-corrected chi connectivity index (χ4v) is 2.65. The molecular weight excluding hydrogens is 230 g/mol. The Balaban J connectivity index is 2.07. The summed E-state index contributed by atoms with van der Waals surface area (Å²) in [5, 5.41) is 9.36. The van der Waals surface area contributed by atoms with Gasteiger partial charge in [-0.05, 0) is 25.3 Å². The number of imidazole rings is 1. The molecule has 0 aliphatic carbocycles. The maximum absolute atomic E-state index is 11.4. The molecule has 0 radical (unpaired) electrons. The second-order valence-corrected chi connectivity index (χ2v) is 5.12. The molecule has 2 heterocycles. The lowest BCUT2D eigenvalue weighted by Gasteiger charge is -2.36. The molecule has 2 atom stereocenters. The van der Waals surface area contributed by atoms with Crippen LogP contribution in [0, 0.1) is 5.92 Å². The molecular formula is C13H21N3O2. The lowest BCUT2D eigenvalue weighted by atomic mass is 9.89. The van der Waals surface area contributed by atoms with E-state index in [2.05, 4.69) is 16.8 Å². The van der Waals surface area contributed by atoms with Gasteiger partial charge < -0.3 is 9.67 Å². The van der Waals surface area contributed by atoms with Crippen LogP contribution in [0.3, 0.4) is 0 Å². The molecule has 1 aliphatic heterocycles. The summed E-state index contributed by atoms with van der Waals surface area (Å²) in [6.45, 7) is 3.67. The standard InChI is InChI=1S/C13H21N3O2/c1-3-10-4-5-16(12(6-10)13(17)18)8-11-7-14-9-15(11)2/h7,9-10,12H,3-6,8H2,1-2H3,(H,17,18). The smallest absolute Gasteiger partial charge is 0.320 e. The van der Waals surface area contributed by atoms with Crippen molar-refractivity contribution in [3.8, 4) is 0 Å². The van der Waals surface area contributed by atoms with E-state index in [1.165, 1.54) is 0 Å². The van der Waals surface area contributed by atoms with Crippen molar-refractivity contribution in [3.63, 3.8) is 0 Å². The molecule has 2 rings (SSSR count). The molecule has 0 saturated carbocycles. The Bertz CT molecular complexity index is 416. The SMILES string of the molecule is CCC1CCN(Cc2cncn2C)C(C(=O)O)C1. The maximum atomic E-state index is 11.4. The molecule has 2 unspecified atom stereocenters. The van der Waals surface area contributed by atoms with Crippen molar-refractivity contribution >= 4 is 5.97 Å². The first kappa shape index (κ1) is 13.1. The van der Waals surface area contributed by atoms with Crippen molar-refractivity contribution in [2.45, 2.75) is 38.8 Å². The van der Waals surface area contributed by atoms with Gasteiger partial charge in [0.2, 0.25) is 0 Å². The van der Waals surface area contributed by atoms with E-state index in [1.807, 2.05) is 17.8 Å². The second kappa shape index (κ2) is 5.52. The van der Waals surface area contributed by atoms with Gasteiger partial charge in [0.05, 0.1) is 12.0 Å². The number of piperidine rings is 1. The number of likely N-dealkylation sites (tertiary alicyclic amines) is 1. The molecule has 0 amide bonds. The molecule has 5 heteroatoms. The topological polar surface area (TPSA) is 58.4 Å². The predicted octanol–water partition coefficient (Wildman–Crippen LogP) is 1.50. The number of aromatic nitrogens is 2. The van der Waals surface area contributed by atoms with Crippen LogP contribution < -0.4 is 0 Å². The Labute approximate surface area is 107 Å². The van der Waals surface area contributed by atoms with E-state index in [-0.39, 0.29) is 6.04 Å². The summed E-state index contributed by atoms with van der Waals surface area (Å²) in [7, 11) is 1.94. The van der Waals surface area contributed by atoms with Crippen LogP contribution in [0.15, 0.2) is 12.5 Å². The first-order valence-electron chi connectivity index (χ1n) is 6.53. The summed E-state index contributed by atoms with van der Waals surface area (Å²) in [4.78, 5) is 17.5. The fraction of sp³-hybridized carbons (Fsp3) is 0.692. The molecule has 100 valence electrons. The molecule has 5 nitrogen and oxygen atoms in total. The number of carbonyl (C=O) groups is 1. The van der Waals surface area contributed by atoms with Crippen LogP contribution in [0.5, 0.6) is 0 Å². The van der Waals surface area contributed by atoms with Crippen molar-refractivity contribution in [1.29, 1.82) is 0 Å². The largest absolute Gasteiger partial charge is 0.480 e. The van der Waals surface area contributed by atoms with Gasteiger partial charge in [0, 0.05) is 19.8 Å². The van der Waals surface area contributed by atoms with E-state index in [0.717, 1.165) is 31.5 Å². The van der Waals surface area contributed by atoms with E-state index >= 15 is 0 Å². The van der Waals surface area contributed by atoms with Crippen molar-refractivity contribution in [2.75, 3.05) is 6.54 Å². The van der Waals surface area contributed by atoms with Crippen LogP contribution in [0.1, 0.15) is 31.9 Å². The predicted molar refractivity (Wildman–Crippen MR) is 68.1 cm³/mol. The summed E-state index contributed by atoms with van der Waals surface area (Å²) in [5.74, 6) is -0.149. The quantitative estimate of drug-likeness (QED) is 0.881. The third-order valence-electron chi connectivity index (χ3n) is 3.97. The zero-order valence-electron chi connectivity index (χ0n) is 11.0. The van der Waals surface area contributed by atoms with E-state index in [4.69, 9.17) is 0 Å². The Hall–Kier alpha value is -1.36. The minimum Gasteiger partial charge on any atom is -0.480 e. The molecule has 0 aromatic carbocycles. The first-order valence-corrected chi connectivity index (χ1v) is 6.53. The monoisotopic (exact) mass is 251 g/mol. The molecule has 0 bridgehead atoms. The van der Waals surface area contributed by atoms with Gasteiger partial charge in [0.1, 0.15) is 6.04 Å². The van der Waals surface area contributed by atoms with Gasteiger partial charge in [0.25, 0.3) is 0 Å². The van der Waals surface area contributed by atoms with Gasteiger partial charge in [-0.25, -0.2) is 4.98 Å². The number of rotatable bonds is 4. The van der Waals surface area contributed by atoms with Gasteiger partial charge in [-0.2, -0.15) is 0 Å². The van der Waals surface area contributed by atoms with E-state index in [0.29, 0.717) is 12.5 Å². The Morgan fingerprint density at radius 2 is 2.39 bits per heavy atom. The van der Waals surface area contributed by atoms with Gasteiger partial charge in [-0.1, -0.05) is 13.3 Å². The van der Waals surface area contributed by atoms with Crippen LogP contribution >= 0.6 is 0 Å². The molecule has 1 saturated heterocycles. The molecule has 1 N–H and O–H groups in total. The fourth-order valence-electron chi connectivity index (χ4n) is 2.65. The molecule has 1 aromatic rings. The highest BCUT2D eigenvalue weighted by Gasteiger charge is 2.32. The molecule has 0 spiro atoms. The Kier molecular flexibility index (Phi) is 4.01. The van der Waals surface area contributed by atoms with E-state index in [1.54, 1.807) is 6.33 Å². The van der Waals surface area contributed by atoms with E-state index in [9.17, 15) is 9.90 Å². The van der Waals surface area contributed by atoms with Gasteiger partial charge in [0.15, 0.2) is 0 Å². The Morgan fingerprint density at radius 3 is 2.94 bits per heavy atom. The van der Waals surface area contributed by atoms with E-state index < -0.39 is 5.97 Å². The van der Waals surface area contributed by atoms with Crippen LogP contribution in [0.4, 0.5) is 0 Å². The molecule has 1 fully saturated rings. The van der Waals surface area contributed by atoms with Crippen molar-refractivity contribution in [3.05, 3.63) is 18.2 Å². The summed E-state index contributed by atoms with van der Waals surface area (Å²) in [6, 6.07) is -0.349. The van der Waals surface area contributed by atoms with Crippen LogP contribution in [0.25, 0.3) is 0 Å².